The molecule has 0 aromatic heterocycles. The summed E-state index contributed by atoms with van der Waals surface area (Å²) in [6, 6.07) is 2.76. The molecule has 2 aliphatic carbocycles. The average molecular weight is 420 g/mol. The maximum atomic E-state index is 12.6. The van der Waals surface area contributed by atoms with Crippen molar-refractivity contribution >= 4 is 18.1 Å². The quantitative estimate of drug-likeness (QED) is 0.404. The second-order valence-corrected chi connectivity index (χ2v) is 7.88. The summed E-state index contributed by atoms with van der Waals surface area (Å²) in [5.41, 5.74) is 0.177. The van der Waals surface area contributed by atoms with Crippen molar-refractivity contribution in [2.75, 3.05) is 21.3 Å². The second-order valence-electron chi connectivity index (χ2n) is 7.88. The number of ether oxygens (including phenoxy) is 6. The molecule has 4 aliphatic rings. The molecule has 1 aromatic rings. The molecule has 0 radical (unpaired) electrons. The van der Waals surface area contributed by atoms with Crippen molar-refractivity contribution in [1.82, 2.24) is 0 Å². The second kappa shape index (κ2) is 8.04. The number of esters is 2. The average Bonchev–Trinajstić information content (AvgIpc) is 2.90. The van der Waals surface area contributed by atoms with E-state index in [-0.39, 0.29) is 40.6 Å². The van der Waals surface area contributed by atoms with Gasteiger partial charge >= 0.3 is 18.1 Å². The van der Waals surface area contributed by atoms with Crippen LogP contribution in [0.5, 0.6) is 17.2 Å². The Morgan fingerprint density at radius 2 is 1.70 bits per heavy atom. The molecule has 4 fully saturated rings. The number of benzene rings is 1. The number of carbonyl (C=O) groups excluding carboxylic acids is 3. The monoisotopic (exact) mass is 420 g/mol. The number of fused-ring (bicyclic) bond motifs is 1. The van der Waals surface area contributed by atoms with Crippen molar-refractivity contribution in [2.24, 2.45) is 17.8 Å². The highest BCUT2D eigenvalue weighted by Gasteiger charge is 2.52. The van der Waals surface area contributed by atoms with Gasteiger partial charge in [0, 0.05) is 5.92 Å². The van der Waals surface area contributed by atoms with Gasteiger partial charge in [-0.15, -0.1) is 0 Å². The lowest BCUT2D eigenvalue weighted by atomic mass is 9.67. The van der Waals surface area contributed by atoms with E-state index in [0.717, 1.165) is 12.8 Å². The van der Waals surface area contributed by atoms with Gasteiger partial charge in [0.2, 0.25) is 5.75 Å². The molecule has 0 amide bonds. The highest BCUT2D eigenvalue weighted by atomic mass is 16.7. The third-order valence-electron chi connectivity index (χ3n) is 6.14. The van der Waals surface area contributed by atoms with E-state index >= 15 is 0 Å². The molecule has 30 heavy (non-hydrogen) atoms. The van der Waals surface area contributed by atoms with Gasteiger partial charge in [-0.2, -0.15) is 0 Å². The maximum Gasteiger partial charge on any atom is 0.514 e. The van der Waals surface area contributed by atoms with Gasteiger partial charge in [0.05, 0.1) is 32.8 Å². The normalized spacial score (nSPS) is 28.9. The largest absolute Gasteiger partial charge is 0.514 e. The van der Waals surface area contributed by atoms with Gasteiger partial charge in [0.1, 0.15) is 12.2 Å². The fraction of sp³-hybridized carbons (Fsp3) is 0.571. The molecule has 1 aromatic carbocycles. The number of methoxy groups -OCH3 is 3. The van der Waals surface area contributed by atoms with E-state index in [2.05, 4.69) is 0 Å². The lowest BCUT2D eigenvalue weighted by Gasteiger charge is -2.40. The Balaban J connectivity index is 1.53. The summed E-state index contributed by atoms with van der Waals surface area (Å²) < 4.78 is 31.8. The third-order valence-corrected chi connectivity index (χ3v) is 6.14. The Hall–Kier alpha value is -2.97. The van der Waals surface area contributed by atoms with E-state index in [1.165, 1.54) is 33.5 Å². The molecule has 2 saturated carbocycles. The van der Waals surface area contributed by atoms with Crippen molar-refractivity contribution in [2.45, 2.75) is 37.9 Å². The van der Waals surface area contributed by atoms with E-state index in [9.17, 15) is 14.4 Å². The fourth-order valence-electron chi connectivity index (χ4n) is 4.87. The molecular weight excluding hydrogens is 396 g/mol. The zero-order valence-electron chi connectivity index (χ0n) is 17.0. The first-order valence-corrected chi connectivity index (χ1v) is 9.86. The molecule has 4 bridgehead atoms. The minimum absolute atomic E-state index is 0.0173. The van der Waals surface area contributed by atoms with Crippen LogP contribution in [0, 0.1) is 17.8 Å². The molecule has 2 heterocycles. The zero-order valence-corrected chi connectivity index (χ0v) is 17.0. The molecule has 2 aliphatic heterocycles. The van der Waals surface area contributed by atoms with Gasteiger partial charge < -0.3 is 28.4 Å². The van der Waals surface area contributed by atoms with Crippen molar-refractivity contribution in [3.8, 4) is 17.2 Å². The van der Waals surface area contributed by atoms with E-state index in [4.69, 9.17) is 28.4 Å². The van der Waals surface area contributed by atoms with Crippen LogP contribution >= 0.6 is 0 Å². The first kappa shape index (κ1) is 20.3. The van der Waals surface area contributed by atoms with Gasteiger partial charge in [-0.3, -0.25) is 4.79 Å². The number of rotatable bonds is 5. The van der Waals surface area contributed by atoms with Crippen LogP contribution in [0.1, 0.15) is 36.0 Å². The number of hydrogen-bond acceptors (Lipinski definition) is 9. The van der Waals surface area contributed by atoms with Gasteiger partial charge in [-0.1, -0.05) is 0 Å². The van der Waals surface area contributed by atoms with Gasteiger partial charge in [-0.25, -0.2) is 9.59 Å². The van der Waals surface area contributed by atoms with Crippen molar-refractivity contribution < 1.29 is 42.8 Å². The van der Waals surface area contributed by atoms with Crippen LogP contribution in [0.3, 0.4) is 0 Å². The summed E-state index contributed by atoms with van der Waals surface area (Å²) in [6.45, 7) is 0. The van der Waals surface area contributed by atoms with Crippen LogP contribution in [0.4, 0.5) is 4.79 Å². The lowest BCUT2D eigenvalue weighted by Crippen LogP contribution is -2.45. The molecule has 5 atom stereocenters. The Morgan fingerprint density at radius 1 is 1.00 bits per heavy atom. The molecule has 0 N–H and O–H groups in total. The standard InChI is InChI=1S/C21H24O9/c1-25-14-8-13(19(22)27-3)9-15(26-2)18(14)30-21(24)29-17-11-4-10-5-12(7-11)20(23)28-16(17)6-10/h8-12,16-17H,4-7H2,1-3H3. The third kappa shape index (κ3) is 3.64. The highest BCUT2D eigenvalue weighted by molar-refractivity contribution is 5.91. The number of hydrogen-bond donors (Lipinski definition) is 0. The minimum atomic E-state index is -0.953. The molecule has 162 valence electrons. The Bertz CT molecular complexity index is 839. The highest BCUT2D eigenvalue weighted by Crippen LogP contribution is 2.48. The first-order chi connectivity index (χ1) is 14.4. The van der Waals surface area contributed by atoms with Gasteiger partial charge in [0.25, 0.3) is 0 Å². The SMILES string of the molecule is COC(=O)c1cc(OC)c(OC(=O)OC2C3CC4CC(C3)C(=O)OC2C4)c(OC)c1. The van der Waals surface area contributed by atoms with E-state index in [1.807, 2.05) is 0 Å². The molecule has 0 spiro atoms. The molecule has 9 nitrogen and oxygen atoms in total. The van der Waals surface area contributed by atoms with Crippen LogP contribution in [0.15, 0.2) is 12.1 Å². The van der Waals surface area contributed by atoms with E-state index in [0.29, 0.717) is 18.8 Å². The topological polar surface area (TPSA) is 107 Å². The van der Waals surface area contributed by atoms with Crippen LogP contribution in [-0.4, -0.2) is 51.6 Å². The first-order valence-electron chi connectivity index (χ1n) is 9.86. The van der Waals surface area contributed by atoms with Crippen molar-refractivity contribution in [1.29, 1.82) is 0 Å². The van der Waals surface area contributed by atoms with E-state index in [1.54, 1.807) is 0 Å². The Morgan fingerprint density at radius 3 is 2.33 bits per heavy atom. The summed E-state index contributed by atoms with van der Waals surface area (Å²) in [7, 11) is 3.99. The summed E-state index contributed by atoms with van der Waals surface area (Å²) in [4.78, 5) is 36.7. The molecule has 5 unspecified atom stereocenters. The summed E-state index contributed by atoms with van der Waals surface area (Å²) >= 11 is 0. The molecular formula is C21H24O9. The van der Waals surface area contributed by atoms with Gasteiger partial charge in [0.15, 0.2) is 11.5 Å². The maximum absolute atomic E-state index is 12.6. The summed E-state index contributed by atoms with van der Waals surface area (Å²) in [6.07, 6.45) is 1.15. The molecule has 5 rings (SSSR count). The fourth-order valence-corrected chi connectivity index (χ4v) is 4.87. The predicted molar refractivity (Wildman–Crippen MR) is 101 cm³/mol. The molecule has 2 saturated heterocycles. The smallest absolute Gasteiger partial charge is 0.493 e. The van der Waals surface area contributed by atoms with Gasteiger partial charge in [-0.05, 0) is 43.7 Å². The van der Waals surface area contributed by atoms with Crippen molar-refractivity contribution in [3.63, 3.8) is 0 Å². The zero-order chi connectivity index (χ0) is 21.4. The van der Waals surface area contributed by atoms with E-state index < -0.39 is 24.3 Å². The Labute approximate surface area is 173 Å². The summed E-state index contributed by atoms with van der Waals surface area (Å²) in [5.74, 6) is -0.212. The number of carbonyl (C=O) groups is 3. The predicted octanol–water partition coefficient (Wildman–Crippen LogP) is 2.74. The lowest BCUT2D eigenvalue weighted by molar-refractivity contribution is -0.156. The molecule has 9 heteroatoms. The van der Waals surface area contributed by atoms with Crippen LogP contribution in [0.2, 0.25) is 0 Å². The van der Waals surface area contributed by atoms with Crippen LogP contribution < -0.4 is 14.2 Å². The minimum Gasteiger partial charge on any atom is -0.493 e. The van der Waals surface area contributed by atoms with Crippen molar-refractivity contribution in [3.05, 3.63) is 17.7 Å². The van der Waals surface area contributed by atoms with Crippen LogP contribution in [-0.2, 0) is 19.0 Å². The Kier molecular flexibility index (Phi) is 5.44. The van der Waals surface area contributed by atoms with Crippen LogP contribution in [0.25, 0.3) is 0 Å². The summed E-state index contributed by atoms with van der Waals surface area (Å²) in [5, 5.41) is 0.